The summed E-state index contributed by atoms with van der Waals surface area (Å²) in [5, 5.41) is 11.5. The predicted molar refractivity (Wildman–Crippen MR) is 72.7 cm³/mol. The number of halogens is 1. The number of carbonyl (C=O) groups excluding carboxylic acids is 1. The second kappa shape index (κ2) is 6.54. The number of amides is 1. The van der Waals surface area contributed by atoms with Crippen LogP contribution in [0.4, 0.5) is 0 Å². The lowest BCUT2D eigenvalue weighted by atomic mass is 10.1. The van der Waals surface area contributed by atoms with Gasteiger partial charge in [0.15, 0.2) is 0 Å². The van der Waals surface area contributed by atoms with Gasteiger partial charge < -0.3 is 10.4 Å². The van der Waals surface area contributed by atoms with E-state index in [4.69, 9.17) is 5.11 Å². The van der Waals surface area contributed by atoms with E-state index in [0.717, 1.165) is 10.0 Å². The molecule has 0 bridgehead atoms. The number of carboxylic acid groups (broad SMARTS) is 1. The SMILES string of the molecule is CCC[C@@H](NC(=O)c1cccc(Br)c1C)C(=O)O. The summed E-state index contributed by atoms with van der Waals surface area (Å²) in [4.78, 5) is 23.0. The maximum atomic E-state index is 12.0. The minimum Gasteiger partial charge on any atom is -0.480 e. The molecule has 18 heavy (non-hydrogen) atoms. The molecule has 0 aliphatic carbocycles. The Balaban J connectivity index is 2.87. The maximum Gasteiger partial charge on any atom is 0.326 e. The molecule has 0 fully saturated rings. The fourth-order valence-electron chi connectivity index (χ4n) is 1.64. The number of aliphatic carboxylic acids is 1. The summed E-state index contributed by atoms with van der Waals surface area (Å²) < 4.78 is 0.831. The lowest BCUT2D eigenvalue weighted by Gasteiger charge is -2.14. The third kappa shape index (κ3) is 3.57. The number of hydrogen-bond acceptors (Lipinski definition) is 2. The zero-order valence-corrected chi connectivity index (χ0v) is 12.0. The first-order valence-electron chi connectivity index (χ1n) is 5.76. The lowest BCUT2D eigenvalue weighted by molar-refractivity contribution is -0.139. The molecule has 0 aliphatic rings. The summed E-state index contributed by atoms with van der Waals surface area (Å²) in [5.41, 5.74) is 1.29. The van der Waals surface area contributed by atoms with Crippen molar-refractivity contribution < 1.29 is 14.7 Å². The molecule has 1 aromatic carbocycles. The van der Waals surface area contributed by atoms with Crippen LogP contribution in [0.5, 0.6) is 0 Å². The monoisotopic (exact) mass is 313 g/mol. The van der Waals surface area contributed by atoms with Crippen molar-refractivity contribution in [2.24, 2.45) is 0 Å². The van der Waals surface area contributed by atoms with Crippen LogP contribution < -0.4 is 5.32 Å². The van der Waals surface area contributed by atoms with Gasteiger partial charge in [-0.25, -0.2) is 4.79 Å². The Kier molecular flexibility index (Phi) is 5.34. The van der Waals surface area contributed by atoms with E-state index < -0.39 is 12.0 Å². The van der Waals surface area contributed by atoms with Crippen molar-refractivity contribution in [1.82, 2.24) is 5.32 Å². The largest absolute Gasteiger partial charge is 0.480 e. The number of nitrogens with one attached hydrogen (secondary N) is 1. The Bertz CT molecular complexity index is 460. The lowest BCUT2D eigenvalue weighted by Crippen LogP contribution is -2.40. The molecule has 4 nitrogen and oxygen atoms in total. The molecule has 5 heteroatoms. The van der Waals surface area contributed by atoms with Crippen molar-refractivity contribution in [3.63, 3.8) is 0 Å². The van der Waals surface area contributed by atoms with Crippen molar-refractivity contribution in [3.8, 4) is 0 Å². The predicted octanol–water partition coefficient (Wildman–Crippen LogP) is 2.74. The van der Waals surface area contributed by atoms with Crippen LogP contribution in [0.25, 0.3) is 0 Å². The van der Waals surface area contributed by atoms with E-state index in [-0.39, 0.29) is 5.91 Å². The average Bonchev–Trinajstić information content (AvgIpc) is 2.31. The number of carboxylic acids is 1. The van der Waals surface area contributed by atoms with Gasteiger partial charge in [0.05, 0.1) is 0 Å². The van der Waals surface area contributed by atoms with Crippen LogP contribution in [0.2, 0.25) is 0 Å². The molecule has 0 aliphatic heterocycles. The van der Waals surface area contributed by atoms with Crippen LogP contribution >= 0.6 is 15.9 Å². The van der Waals surface area contributed by atoms with Crippen LogP contribution in [-0.2, 0) is 4.79 Å². The molecule has 0 heterocycles. The van der Waals surface area contributed by atoms with E-state index in [1.54, 1.807) is 12.1 Å². The molecule has 0 spiro atoms. The molecule has 1 atom stereocenters. The highest BCUT2D eigenvalue weighted by molar-refractivity contribution is 9.10. The first-order valence-corrected chi connectivity index (χ1v) is 6.55. The van der Waals surface area contributed by atoms with E-state index >= 15 is 0 Å². The van der Waals surface area contributed by atoms with Gasteiger partial charge in [0.2, 0.25) is 0 Å². The summed E-state index contributed by atoms with van der Waals surface area (Å²) in [7, 11) is 0. The van der Waals surface area contributed by atoms with Gasteiger partial charge in [-0.1, -0.05) is 35.3 Å². The normalized spacial score (nSPS) is 11.9. The van der Waals surface area contributed by atoms with Crippen molar-refractivity contribution >= 4 is 27.8 Å². The van der Waals surface area contributed by atoms with E-state index in [1.807, 2.05) is 19.9 Å². The van der Waals surface area contributed by atoms with E-state index in [9.17, 15) is 9.59 Å². The van der Waals surface area contributed by atoms with Crippen LogP contribution in [0.1, 0.15) is 35.7 Å². The Morgan fingerprint density at radius 1 is 1.44 bits per heavy atom. The van der Waals surface area contributed by atoms with Crippen molar-refractivity contribution in [3.05, 3.63) is 33.8 Å². The van der Waals surface area contributed by atoms with E-state index in [0.29, 0.717) is 18.4 Å². The smallest absolute Gasteiger partial charge is 0.326 e. The minimum absolute atomic E-state index is 0.352. The average molecular weight is 314 g/mol. The molecule has 0 saturated carbocycles. The third-order valence-electron chi connectivity index (χ3n) is 2.69. The van der Waals surface area contributed by atoms with Crippen LogP contribution in [0, 0.1) is 6.92 Å². The second-order valence-corrected chi connectivity index (χ2v) is 4.92. The van der Waals surface area contributed by atoms with Gasteiger partial charge in [0.25, 0.3) is 5.91 Å². The van der Waals surface area contributed by atoms with Gasteiger partial charge in [-0.3, -0.25) is 4.79 Å². The molecule has 1 rings (SSSR count). The second-order valence-electron chi connectivity index (χ2n) is 4.07. The highest BCUT2D eigenvalue weighted by Crippen LogP contribution is 2.19. The topological polar surface area (TPSA) is 66.4 Å². The molecule has 0 saturated heterocycles. The highest BCUT2D eigenvalue weighted by Gasteiger charge is 2.20. The highest BCUT2D eigenvalue weighted by atomic mass is 79.9. The molecular weight excluding hydrogens is 298 g/mol. The molecular formula is C13H16BrNO3. The Morgan fingerprint density at radius 3 is 2.67 bits per heavy atom. The van der Waals surface area contributed by atoms with Crippen molar-refractivity contribution in [2.75, 3.05) is 0 Å². The molecule has 0 radical (unpaired) electrons. The van der Waals surface area contributed by atoms with Gasteiger partial charge >= 0.3 is 5.97 Å². The third-order valence-corrected chi connectivity index (χ3v) is 3.55. The fourth-order valence-corrected chi connectivity index (χ4v) is 2.00. The van der Waals surface area contributed by atoms with Gasteiger partial charge in [-0.2, -0.15) is 0 Å². The zero-order valence-electron chi connectivity index (χ0n) is 10.4. The Hall–Kier alpha value is -1.36. The Morgan fingerprint density at radius 2 is 2.11 bits per heavy atom. The van der Waals surface area contributed by atoms with Crippen LogP contribution in [-0.4, -0.2) is 23.0 Å². The maximum absolute atomic E-state index is 12.0. The van der Waals surface area contributed by atoms with Crippen LogP contribution in [0.3, 0.4) is 0 Å². The van der Waals surface area contributed by atoms with Gasteiger partial charge in [0, 0.05) is 10.0 Å². The first kappa shape index (κ1) is 14.7. The first-order chi connectivity index (χ1) is 8.47. The standard InChI is InChI=1S/C13H16BrNO3/c1-3-5-11(13(17)18)15-12(16)9-6-4-7-10(14)8(9)2/h4,6-7,11H,3,5H2,1-2H3,(H,15,16)(H,17,18)/t11-/m1/s1. The molecule has 98 valence electrons. The molecule has 2 N–H and O–H groups in total. The summed E-state index contributed by atoms with van der Waals surface area (Å²) in [6, 6.07) is 4.44. The van der Waals surface area contributed by atoms with Crippen molar-refractivity contribution in [1.29, 1.82) is 0 Å². The van der Waals surface area contributed by atoms with Crippen LogP contribution in [0.15, 0.2) is 22.7 Å². The number of hydrogen-bond donors (Lipinski definition) is 2. The summed E-state index contributed by atoms with van der Waals surface area (Å²) in [6.07, 6.45) is 1.13. The number of rotatable bonds is 5. The minimum atomic E-state index is -1.00. The Labute approximate surface area is 115 Å². The quantitative estimate of drug-likeness (QED) is 0.878. The molecule has 0 aromatic heterocycles. The zero-order chi connectivity index (χ0) is 13.7. The van der Waals surface area contributed by atoms with Gasteiger partial charge in [-0.05, 0) is 31.0 Å². The fraction of sp³-hybridized carbons (Fsp3) is 0.385. The van der Waals surface area contributed by atoms with Gasteiger partial charge in [-0.15, -0.1) is 0 Å². The molecule has 1 aromatic rings. The summed E-state index contributed by atoms with van der Waals surface area (Å²) >= 11 is 3.34. The molecule has 0 unspecified atom stereocenters. The van der Waals surface area contributed by atoms with Crippen molar-refractivity contribution in [2.45, 2.75) is 32.7 Å². The number of benzene rings is 1. The van der Waals surface area contributed by atoms with Gasteiger partial charge in [0.1, 0.15) is 6.04 Å². The summed E-state index contributed by atoms with van der Waals surface area (Å²) in [5.74, 6) is -1.35. The van der Waals surface area contributed by atoms with E-state index in [2.05, 4.69) is 21.2 Å². The van der Waals surface area contributed by atoms with E-state index in [1.165, 1.54) is 0 Å². The number of carbonyl (C=O) groups is 2. The summed E-state index contributed by atoms with van der Waals surface area (Å²) in [6.45, 7) is 3.70. The molecule has 1 amide bonds.